The maximum Gasteiger partial charge on any atom is 0.0540 e. The fourth-order valence-corrected chi connectivity index (χ4v) is 4.74. The molecule has 2 rings (SSSR count). The zero-order chi connectivity index (χ0) is 12.3. The first kappa shape index (κ1) is 13.4. The maximum atomic E-state index is 9.71. The normalized spacial score (nSPS) is 43.6. The van der Waals surface area contributed by atoms with Crippen LogP contribution in [0.15, 0.2) is 0 Å². The molecule has 2 fully saturated rings. The Hall–Kier alpha value is -0.0400. The van der Waals surface area contributed by atoms with Crippen molar-refractivity contribution in [2.45, 2.75) is 84.2 Å². The standard InChI is InChI=1S/C16H30O/c1-3-11-16(12-5-4-6-13(16)2)14-7-9-15(17)10-8-14/h13-15,17H,3-12H2,1-2H3. The fourth-order valence-electron chi connectivity index (χ4n) is 4.74. The van der Waals surface area contributed by atoms with Gasteiger partial charge in [0, 0.05) is 0 Å². The molecule has 1 nitrogen and oxygen atoms in total. The molecular weight excluding hydrogens is 208 g/mol. The van der Waals surface area contributed by atoms with Gasteiger partial charge >= 0.3 is 0 Å². The second-order valence-corrected chi connectivity index (χ2v) is 6.64. The number of aliphatic hydroxyl groups is 1. The summed E-state index contributed by atoms with van der Waals surface area (Å²) in [5.41, 5.74) is 0.632. The van der Waals surface area contributed by atoms with E-state index >= 15 is 0 Å². The minimum Gasteiger partial charge on any atom is -0.393 e. The van der Waals surface area contributed by atoms with E-state index < -0.39 is 0 Å². The van der Waals surface area contributed by atoms with Gasteiger partial charge in [0.05, 0.1) is 6.10 Å². The Morgan fingerprint density at radius 3 is 2.35 bits per heavy atom. The van der Waals surface area contributed by atoms with E-state index in [2.05, 4.69) is 13.8 Å². The van der Waals surface area contributed by atoms with E-state index in [1.165, 1.54) is 51.4 Å². The lowest BCUT2D eigenvalue weighted by Gasteiger charge is -2.50. The van der Waals surface area contributed by atoms with Gasteiger partial charge in [0.1, 0.15) is 0 Å². The van der Waals surface area contributed by atoms with Gasteiger partial charge in [0.25, 0.3) is 0 Å². The molecule has 1 heteroatoms. The second kappa shape index (κ2) is 5.73. The smallest absolute Gasteiger partial charge is 0.0540 e. The molecule has 17 heavy (non-hydrogen) atoms. The lowest BCUT2D eigenvalue weighted by Crippen LogP contribution is -2.41. The minimum absolute atomic E-state index is 0.00354. The van der Waals surface area contributed by atoms with Gasteiger partial charge in [-0.15, -0.1) is 0 Å². The summed E-state index contributed by atoms with van der Waals surface area (Å²) in [5.74, 6) is 1.82. The molecular formula is C16H30O. The van der Waals surface area contributed by atoms with Crippen LogP contribution in [0.1, 0.15) is 78.1 Å². The van der Waals surface area contributed by atoms with Crippen molar-refractivity contribution in [3.63, 3.8) is 0 Å². The highest BCUT2D eigenvalue weighted by molar-refractivity contribution is 4.94. The molecule has 0 aromatic rings. The summed E-state index contributed by atoms with van der Waals surface area (Å²) in [6.45, 7) is 4.85. The molecule has 0 saturated heterocycles. The van der Waals surface area contributed by atoms with Gasteiger partial charge in [0.2, 0.25) is 0 Å². The lowest BCUT2D eigenvalue weighted by molar-refractivity contribution is -0.0179. The average Bonchev–Trinajstić information content (AvgIpc) is 2.33. The number of aliphatic hydroxyl groups excluding tert-OH is 1. The quantitative estimate of drug-likeness (QED) is 0.765. The van der Waals surface area contributed by atoms with Crippen molar-refractivity contribution in [2.75, 3.05) is 0 Å². The number of hydrogen-bond acceptors (Lipinski definition) is 1. The highest BCUT2D eigenvalue weighted by Gasteiger charge is 2.44. The SMILES string of the molecule is CCCC1(C2CCC(O)CC2)CCCCC1C. The highest BCUT2D eigenvalue weighted by atomic mass is 16.3. The predicted molar refractivity (Wildman–Crippen MR) is 72.9 cm³/mol. The molecule has 2 atom stereocenters. The third kappa shape index (κ3) is 2.70. The summed E-state index contributed by atoms with van der Waals surface area (Å²) < 4.78 is 0. The summed E-state index contributed by atoms with van der Waals surface area (Å²) in [4.78, 5) is 0. The Kier molecular flexibility index (Phi) is 4.52. The topological polar surface area (TPSA) is 20.2 Å². The van der Waals surface area contributed by atoms with Crippen LogP contribution < -0.4 is 0 Å². The van der Waals surface area contributed by atoms with E-state index in [9.17, 15) is 5.11 Å². The molecule has 2 unspecified atom stereocenters. The monoisotopic (exact) mass is 238 g/mol. The van der Waals surface area contributed by atoms with Crippen LogP contribution in [0, 0.1) is 17.3 Å². The Morgan fingerprint density at radius 2 is 1.76 bits per heavy atom. The van der Waals surface area contributed by atoms with Gasteiger partial charge in [-0.2, -0.15) is 0 Å². The van der Waals surface area contributed by atoms with Gasteiger partial charge < -0.3 is 5.11 Å². The molecule has 0 aromatic carbocycles. The summed E-state index contributed by atoms with van der Waals surface area (Å²) in [7, 11) is 0. The molecule has 0 radical (unpaired) electrons. The molecule has 0 bridgehead atoms. The van der Waals surface area contributed by atoms with Crippen LogP contribution in [0.25, 0.3) is 0 Å². The van der Waals surface area contributed by atoms with Crippen molar-refractivity contribution >= 4 is 0 Å². The Morgan fingerprint density at radius 1 is 1.06 bits per heavy atom. The van der Waals surface area contributed by atoms with Crippen molar-refractivity contribution in [2.24, 2.45) is 17.3 Å². The van der Waals surface area contributed by atoms with E-state index in [0.29, 0.717) is 5.41 Å². The van der Waals surface area contributed by atoms with Gasteiger partial charge in [-0.25, -0.2) is 0 Å². The Bertz CT molecular complexity index is 226. The molecule has 0 aliphatic heterocycles. The first-order valence-corrected chi connectivity index (χ1v) is 7.87. The zero-order valence-electron chi connectivity index (χ0n) is 11.8. The zero-order valence-corrected chi connectivity index (χ0v) is 11.8. The fraction of sp³-hybridized carbons (Fsp3) is 1.00. The molecule has 0 heterocycles. The number of hydrogen-bond donors (Lipinski definition) is 1. The number of rotatable bonds is 3. The van der Waals surface area contributed by atoms with Gasteiger partial charge in [-0.3, -0.25) is 0 Å². The van der Waals surface area contributed by atoms with Crippen molar-refractivity contribution in [3.8, 4) is 0 Å². The lowest BCUT2D eigenvalue weighted by atomic mass is 9.55. The molecule has 2 aliphatic carbocycles. The van der Waals surface area contributed by atoms with Crippen molar-refractivity contribution in [1.82, 2.24) is 0 Å². The molecule has 100 valence electrons. The summed E-state index contributed by atoms with van der Waals surface area (Å²) >= 11 is 0. The van der Waals surface area contributed by atoms with Crippen LogP contribution >= 0.6 is 0 Å². The average molecular weight is 238 g/mol. The summed E-state index contributed by atoms with van der Waals surface area (Å²) in [6.07, 6.45) is 13.2. The second-order valence-electron chi connectivity index (χ2n) is 6.64. The van der Waals surface area contributed by atoms with Gasteiger partial charge in [-0.05, 0) is 55.8 Å². The van der Waals surface area contributed by atoms with E-state index in [0.717, 1.165) is 24.7 Å². The Labute approximate surface area is 107 Å². The molecule has 0 amide bonds. The summed E-state index contributed by atoms with van der Waals surface area (Å²) in [5, 5.41) is 9.71. The van der Waals surface area contributed by atoms with Crippen LogP contribution in [0.3, 0.4) is 0 Å². The largest absolute Gasteiger partial charge is 0.393 e. The van der Waals surface area contributed by atoms with Gasteiger partial charge in [-0.1, -0.05) is 39.5 Å². The third-order valence-corrected chi connectivity index (χ3v) is 5.74. The van der Waals surface area contributed by atoms with Gasteiger partial charge in [0.15, 0.2) is 0 Å². The highest BCUT2D eigenvalue weighted by Crippen LogP contribution is 2.54. The van der Waals surface area contributed by atoms with Crippen molar-refractivity contribution in [1.29, 1.82) is 0 Å². The molecule has 1 N–H and O–H groups in total. The minimum atomic E-state index is 0.00354. The van der Waals surface area contributed by atoms with Crippen molar-refractivity contribution < 1.29 is 5.11 Å². The first-order valence-electron chi connectivity index (χ1n) is 7.87. The first-order chi connectivity index (χ1) is 8.19. The Balaban J connectivity index is 2.09. The van der Waals surface area contributed by atoms with Crippen LogP contribution in [-0.2, 0) is 0 Å². The van der Waals surface area contributed by atoms with E-state index in [1.54, 1.807) is 0 Å². The molecule has 0 aromatic heterocycles. The molecule has 2 saturated carbocycles. The van der Waals surface area contributed by atoms with Crippen LogP contribution in [0.5, 0.6) is 0 Å². The van der Waals surface area contributed by atoms with Crippen LogP contribution in [0.4, 0.5) is 0 Å². The van der Waals surface area contributed by atoms with E-state index in [1.807, 2.05) is 0 Å². The molecule has 2 aliphatic rings. The van der Waals surface area contributed by atoms with Crippen LogP contribution in [-0.4, -0.2) is 11.2 Å². The van der Waals surface area contributed by atoms with Crippen LogP contribution in [0.2, 0.25) is 0 Å². The third-order valence-electron chi connectivity index (χ3n) is 5.74. The van der Waals surface area contributed by atoms with E-state index in [4.69, 9.17) is 0 Å². The maximum absolute atomic E-state index is 9.71. The molecule has 0 spiro atoms. The predicted octanol–water partition coefficient (Wildman–Crippen LogP) is 4.53. The van der Waals surface area contributed by atoms with Crippen molar-refractivity contribution in [3.05, 3.63) is 0 Å². The summed E-state index contributed by atoms with van der Waals surface area (Å²) in [6, 6.07) is 0. The van der Waals surface area contributed by atoms with E-state index in [-0.39, 0.29) is 6.10 Å².